The second-order valence-corrected chi connectivity index (χ2v) is 8.60. The summed E-state index contributed by atoms with van der Waals surface area (Å²) < 4.78 is 37.8. The molecule has 1 aliphatic heterocycles. The van der Waals surface area contributed by atoms with Gasteiger partial charge in [-0.05, 0) is 55.0 Å². The van der Waals surface area contributed by atoms with E-state index in [-0.39, 0.29) is 11.3 Å². The fourth-order valence-corrected chi connectivity index (χ4v) is 4.64. The third kappa shape index (κ3) is 6.10. The van der Waals surface area contributed by atoms with Gasteiger partial charge in [-0.15, -0.1) is 0 Å². The first-order valence-corrected chi connectivity index (χ1v) is 10.7. The fraction of sp³-hybridized carbons (Fsp3) is 0.458. The van der Waals surface area contributed by atoms with E-state index < -0.39 is 12.1 Å². The maximum atomic E-state index is 13.0. The van der Waals surface area contributed by atoms with Crippen molar-refractivity contribution in [3.63, 3.8) is 0 Å². The van der Waals surface area contributed by atoms with Crippen LogP contribution in [0.5, 0.6) is 0 Å². The fourth-order valence-electron chi connectivity index (χ4n) is 4.64. The molecule has 0 bridgehead atoms. The number of carbonyl (C=O) groups excluding carboxylic acids is 1. The van der Waals surface area contributed by atoms with Crippen LogP contribution in [-0.4, -0.2) is 52.7 Å². The van der Waals surface area contributed by atoms with Gasteiger partial charge >= 0.3 is 12.1 Å². The average molecular weight is 464 g/mol. The van der Waals surface area contributed by atoms with E-state index in [9.17, 15) is 18.0 Å². The van der Waals surface area contributed by atoms with Gasteiger partial charge in [0.1, 0.15) is 0 Å². The third-order valence-corrected chi connectivity index (χ3v) is 6.35. The maximum Gasteiger partial charge on any atom is 0.490 e. The summed E-state index contributed by atoms with van der Waals surface area (Å²) in [7, 11) is 0. The number of hydrogen-bond donors (Lipinski definition) is 1. The highest BCUT2D eigenvalue weighted by molar-refractivity contribution is 5.95. The van der Waals surface area contributed by atoms with Gasteiger partial charge in [-0.25, -0.2) is 4.79 Å². The second-order valence-electron chi connectivity index (χ2n) is 8.60. The minimum absolute atomic E-state index is 0.130. The molecule has 0 spiro atoms. The van der Waals surface area contributed by atoms with Crippen molar-refractivity contribution in [2.24, 2.45) is 11.3 Å². The Morgan fingerprint density at radius 3 is 2.52 bits per heavy atom. The lowest BCUT2D eigenvalue weighted by molar-refractivity contribution is -0.192. The monoisotopic (exact) mass is 464 g/mol. The van der Waals surface area contributed by atoms with E-state index in [2.05, 4.69) is 9.88 Å². The number of benzene rings is 1. The molecule has 6 nitrogen and oxygen atoms in total. The molecule has 4 rings (SSSR count). The number of alkyl halides is 3. The van der Waals surface area contributed by atoms with Crippen molar-refractivity contribution in [2.45, 2.75) is 39.0 Å². The van der Waals surface area contributed by atoms with E-state index in [1.807, 2.05) is 43.3 Å². The molecule has 1 aliphatic carbocycles. The van der Waals surface area contributed by atoms with Crippen LogP contribution in [0.15, 0.2) is 48.8 Å². The number of aryl methyl sites for hydroxylation is 1. The molecule has 2 atom stereocenters. The Morgan fingerprint density at radius 2 is 1.88 bits per heavy atom. The summed E-state index contributed by atoms with van der Waals surface area (Å²) in [5.74, 6) is -2.02. The van der Waals surface area contributed by atoms with Crippen LogP contribution in [0.25, 0.3) is 0 Å². The summed E-state index contributed by atoms with van der Waals surface area (Å²) in [5, 5.41) is 7.12. The molecule has 2 aliphatic rings. The Labute approximate surface area is 190 Å². The highest BCUT2D eigenvalue weighted by Gasteiger charge is 2.50. The molecule has 2 aromatic rings. The Balaban J connectivity index is 0.000000383. The quantitative estimate of drug-likeness (QED) is 0.706. The van der Waals surface area contributed by atoms with Gasteiger partial charge in [0.05, 0.1) is 13.2 Å². The van der Waals surface area contributed by atoms with Crippen molar-refractivity contribution in [2.75, 3.05) is 19.7 Å². The van der Waals surface area contributed by atoms with Gasteiger partial charge in [-0.3, -0.25) is 9.78 Å². The molecule has 1 amide bonds. The summed E-state index contributed by atoms with van der Waals surface area (Å²) in [6, 6.07) is 11.9. The molecule has 9 heteroatoms. The summed E-state index contributed by atoms with van der Waals surface area (Å²) in [4.78, 5) is 28.0. The number of rotatable bonds is 5. The number of pyridine rings is 1. The largest absolute Gasteiger partial charge is 0.490 e. The summed E-state index contributed by atoms with van der Waals surface area (Å²) in [6.07, 6.45) is 2.12. The van der Waals surface area contributed by atoms with Gasteiger partial charge in [-0.2, -0.15) is 13.2 Å². The molecule has 2 fully saturated rings. The number of nitrogens with zero attached hydrogens (tertiary/aromatic N) is 2. The highest BCUT2D eigenvalue weighted by atomic mass is 19.4. The first-order chi connectivity index (χ1) is 15.6. The number of amides is 1. The Bertz CT molecular complexity index is 968. The molecular weight excluding hydrogens is 437 g/mol. The number of likely N-dealkylation sites (tertiary alicyclic amines) is 1. The SMILES string of the molecule is Cc1ccccc1C(=O)N1C[C@H]2CCC[C@@]2(COCc2ccncc2)C1.O=C(O)C(F)(F)F. The number of fused-ring (bicyclic) bond motifs is 1. The lowest BCUT2D eigenvalue weighted by Crippen LogP contribution is -2.35. The number of hydrogen-bond acceptors (Lipinski definition) is 4. The topological polar surface area (TPSA) is 79.7 Å². The van der Waals surface area contributed by atoms with Gasteiger partial charge in [0.2, 0.25) is 0 Å². The van der Waals surface area contributed by atoms with Crippen LogP contribution in [-0.2, 0) is 16.1 Å². The van der Waals surface area contributed by atoms with Gasteiger partial charge in [0, 0.05) is 36.5 Å². The zero-order valence-electron chi connectivity index (χ0n) is 18.3. The van der Waals surface area contributed by atoms with Crippen LogP contribution in [0, 0.1) is 18.3 Å². The van der Waals surface area contributed by atoms with Gasteiger partial charge in [0.25, 0.3) is 5.91 Å². The smallest absolute Gasteiger partial charge is 0.475 e. The zero-order valence-corrected chi connectivity index (χ0v) is 18.3. The van der Waals surface area contributed by atoms with Crippen molar-refractivity contribution < 1.29 is 32.6 Å². The van der Waals surface area contributed by atoms with Gasteiger partial charge in [0.15, 0.2) is 0 Å². The molecule has 1 aromatic carbocycles. The summed E-state index contributed by atoms with van der Waals surface area (Å²) in [5.41, 5.74) is 3.17. The Hall–Kier alpha value is -2.94. The van der Waals surface area contributed by atoms with Crippen molar-refractivity contribution in [3.05, 3.63) is 65.5 Å². The molecule has 178 valence electrons. The van der Waals surface area contributed by atoms with Crippen LogP contribution < -0.4 is 0 Å². The van der Waals surface area contributed by atoms with E-state index in [0.717, 1.165) is 42.8 Å². The lowest BCUT2D eigenvalue weighted by atomic mass is 9.81. The van der Waals surface area contributed by atoms with E-state index in [1.54, 1.807) is 12.4 Å². The van der Waals surface area contributed by atoms with Crippen molar-refractivity contribution >= 4 is 11.9 Å². The van der Waals surface area contributed by atoms with E-state index in [4.69, 9.17) is 14.6 Å². The standard InChI is InChI=1S/C22H26N2O2.C2HF3O2/c1-17-5-2-3-7-20(17)21(25)24-13-19-6-4-10-22(19,15-24)16-26-14-18-8-11-23-12-9-18;3-2(4,5)1(6)7/h2-3,5,7-9,11-12,19H,4,6,10,13-16H2,1H3;(H,6,7)/t19-,22+;/m1./s1. The number of halogens is 3. The second kappa shape index (κ2) is 10.3. The van der Waals surface area contributed by atoms with Gasteiger partial charge < -0.3 is 14.7 Å². The molecule has 1 N–H and O–H groups in total. The molecule has 2 heterocycles. The van der Waals surface area contributed by atoms with Crippen molar-refractivity contribution in [3.8, 4) is 0 Å². The van der Waals surface area contributed by atoms with Gasteiger partial charge in [-0.1, -0.05) is 24.6 Å². The van der Waals surface area contributed by atoms with Crippen molar-refractivity contribution in [1.82, 2.24) is 9.88 Å². The molecule has 0 radical (unpaired) electrons. The Kier molecular flexibility index (Phi) is 7.73. The van der Waals surface area contributed by atoms with Crippen LogP contribution in [0.2, 0.25) is 0 Å². The molecule has 1 saturated heterocycles. The number of aromatic nitrogens is 1. The number of carboxylic acids is 1. The first-order valence-electron chi connectivity index (χ1n) is 10.7. The van der Waals surface area contributed by atoms with Crippen LogP contribution in [0.4, 0.5) is 13.2 Å². The molecule has 1 saturated carbocycles. The van der Waals surface area contributed by atoms with E-state index in [1.165, 1.54) is 12.8 Å². The minimum atomic E-state index is -5.08. The predicted octanol–water partition coefficient (Wildman–Crippen LogP) is 4.48. The average Bonchev–Trinajstić information content (AvgIpc) is 3.31. The first kappa shape index (κ1) is 24.7. The van der Waals surface area contributed by atoms with Crippen LogP contribution in [0.3, 0.4) is 0 Å². The number of carboxylic acid groups (broad SMARTS) is 1. The third-order valence-electron chi connectivity index (χ3n) is 6.35. The van der Waals surface area contributed by atoms with Crippen LogP contribution >= 0.6 is 0 Å². The van der Waals surface area contributed by atoms with E-state index >= 15 is 0 Å². The predicted molar refractivity (Wildman–Crippen MR) is 114 cm³/mol. The number of ether oxygens (including phenoxy) is 1. The minimum Gasteiger partial charge on any atom is -0.475 e. The van der Waals surface area contributed by atoms with E-state index in [0.29, 0.717) is 12.5 Å². The van der Waals surface area contributed by atoms with Crippen molar-refractivity contribution in [1.29, 1.82) is 0 Å². The highest BCUT2D eigenvalue weighted by Crippen LogP contribution is 2.49. The molecular formula is C24H27F3N2O4. The number of aliphatic carboxylic acids is 1. The lowest BCUT2D eigenvalue weighted by Gasteiger charge is -2.28. The molecule has 0 unspecified atom stereocenters. The van der Waals surface area contributed by atoms with Crippen LogP contribution in [0.1, 0.15) is 40.7 Å². The Morgan fingerprint density at radius 1 is 1.21 bits per heavy atom. The maximum absolute atomic E-state index is 13.0. The number of carbonyl (C=O) groups is 2. The summed E-state index contributed by atoms with van der Waals surface area (Å²) >= 11 is 0. The molecule has 1 aromatic heterocycles. The zero-order chi connectivity index (χ0) is 24.1. The normalized spacial score (nSPS) is 21.8. The summed E-state index contributed by atoms with van der Waals surface area (Å²) in [6.45, 7) is 5.05. The molecule has 33 heavy (non-hydrogen) atoms.